The lowest BCUT2D eigenvalue weighted by Gasteiger charge is -2.30. The number of halogens is 1. The average molecular weight is 257 g/mol. The number of nitrogens with zero attached hydrogens (tertiary/aromatic N) is 2. The summed E-state index contributed by atoms with van der Waals surface area (Å²) in [5.74, 6) is 0.358. The third-order valence-electron chi connectivity index (χ3n) is 4.37. The van der Waals surface area contributed by atoms with Crippen LogP contribution in [-0.4, -0.2) is 22.6 Å². The van der Waals surface area contributed by atoms with Crippen molar-refractivity contribution >= 4 is 0 Å². The molecule has 1 N–H and O–H groups in total. The molecule has 0 saturated carbocycles. The van der Waals surface area contributed by atoms with Gasteiger partial charge in [0.15, 0.2) is 0 Å². The van der Waals surface area contributed by atoms with E-state index < -0.39 is 0 Å². The van der Waals surface area contributed by atoms with Crippen LogP contribution in [0.4, 0.5) is 4.39 Å². The molecule has 0 radical (unpaired) electrons. The maximum atomic E-state index is 14.3. The topological polar surface area (TPSA) is 29.9 Å². The van der Waals surface area contributed by atoms with Crippen molar-refractivity contribution in [1.82, 2.24) is 14.9 Å². The maximum absolute atomic E-state index is 14.3. The van der Waals surface area contributed by atoms with Crippen LogP contribution in [0.1, 0.15) is 24.4 Å². The molecule has 0 bridgehead atoms. The number of rotatable bonds is 1. The van der Waals surface area contributed by atoms with Gasteiger partial charge in [-0.05, 0) is 31.4 Å². The van der Waals surface area contributed by atoms with Crippen molar-refractivity contribution in [3.63, 3.8) is 0 Å². The quantitative estimate of drug-likeness (QED) is 0.851. The van der Waals surface area contributed by atoms with E-state index in [1.807, 2.05) is 18.6 Å². The van der Waals surface area contributed by atoms with Crippen molar-refractivity contribution in [1.29, 1.82) is 0 Å². The van der Waals surface area contributed by atoms with Gasteiger partial charge in [-0.2, -0.15) is 0 Å². The third-order valence-corrected chi connectivity index (χ3v) is 4.37. The molecule has 2 aliphatic heterocycles. The van der Waals surface area contributed by atoms with E-state index in [9.17, 15) is 4.39 Å². The molecule has 0 aliphatic carbocycles. The van der Waals surface area contributed by atoms with Crippen molar-refractivity contribution in [2.45, 2.75) is 18.9 Å². The van der Waals surface area contributed by atoms with Gasteiger partial charge in [-0.25, -0.2) is 9.37 Å². The second kappa shape index (κ2) is 4.17. The van der Waals surface area contributed by atoms with E-state index in [2.05, 4.69) is 14.9 Å². The zero-order valence-electron chi connectivity index (χ0n) is 10.6. The summed E-state index contributed by atoms with van der Waals surface area (Å²) in [5.41, 5.74) is 2.91. The average Bonchev–Trinajstić information content (AvgIpc) is 3.01. The Balaban J connectivity index is 1.87. The molecule has 3 heterocycles. The molecular weight excluding hydrogens is 241 g/mol. The summed E-state index contributed by atoms with van der Waals surface area (Å²) in [6.45, 7) is 2.03. The summed E-state index contributed by atoms with van der Waals surface area (Å²) in [7, 11) is 0. The molecule has 2 aliphatic rings. The Hall–Kier alpha value is -1.68. The molecule has 2 aromatic rings. The molecule has 2 atom stereocenters. The highest BCUT2D eigenvalue weighted by Crippen LogP contribution is 2.45. The van der Waals surface area contributed by atoms with Gasteiger partial charge in [-0.3, -0.25) is 0 Å². The number of benzene rings is 1. The number of piperidine rings is 1. The summed E-state index contributed by atoms with van der Waals surface area (Å²) in [6, 6.07) is 5.46. The van der Waals surface area contributed by atoms with E-state index >= 15 is 0 Å². The number of fused-ring (bicyclic) bond motifs is 3. The van der Waals surface area contributed by atoms with Gasteiger partial charge in [0, 0.05) is 17.7 Å². The summed E-state index contributed by atoms with van der Waals surface area (Å²) in [4.78, 5) is 4.24. The first-order valence-electron chi connectivity index (χ1n) is 6.87. The Morgan fingerprint density at radius 2 is 2.32 bits per heavy atom. The van der Waals surface area contributed by atoms with Crippen LogP contribution in [0.2, 0.25) is 0 Å². The molecule has 1 saturated heterocycles. The highest BCUT2D eigenvalue weighted by atomic mass is 19.1. The Kier molecular flexibility index (Phi) is 2.45. The highest BCUT2D eigenvalue weighted by molar-refractivity contribution is 5.69. The number of aromatic nitrogens is 2. The Morgan fingerprint density at radius 3 is 3.16 bits per heavy atom. The number of nitrogens with one attached hydrogen (secondary N) is 1. The standard InChI is InChI=1S/C15H16FN3/c16-12-5-1-4-11-13-8-18-9-19(13)15(14(11)12)10-3-2-6-17-7-10/h1,4-5,8-10,15,17H,2-3,6-7H2. The van der Waals surface area contributed by atoms with Crippen LogP contribution in [-0.2, 0) is 0 Å². The normalized spacial score (nSPS) is 25.1. The summed E-state index contributed by atoms with van der Waals surface area (Å²) >= 11 is 0. The maximum Gasteiger partial charge on any atom is 0.129 e. The van der Waals surface area contributed by atoms with Crippen LogP contribution >= 0.6 is 0 Å². The van der Waals surface area contributed by atoms with Gasteiger partial charge in [0.05, 0.1) is 24.3 Å². The fourth-order valence-electron chi connectivity index (χ4n) is 3.55. The molecule has 1 aromatic carbocycles. The molecule has 98 valence electrons. The molecule has 1 fully saturated rings. The van der Waals surface area contributed by atoms with Gasteiger partial charge in [-0.15, -0.1) is 0 Å². The van der Waals surface area contributed by atoms with Gasteiger partial charge in [0.2, 0.25) is 0 Å². The fraction of sp³-hybridized carbons (Fsp3) is 0.400. The highest BCUT2D eigenvalue weighted by Gasteiger charge is 2.36. The van der Waals surface area contributed by atoms with Crippen LogP contribution in [0.3, 0.4) is 0 Å². The first-order valence-corrected chi connectivity index (χ1v) is 6.87. The molecule has 4 heteroatoms. The Bertz CT molecular complexity index is 614. The predicted molar refractivity (Wildman–Crippen MR) is 71.4 cm³/mol. The Labute approximate surface area is 111 Å². The van der Waals surface area contributed by atoms with E-state index in [1.54, 1.807) is 12.1 Å². The molecule has 1 aromatic heterocycles. The molecule has 4 rings (SSSR count). The summed E-state index contributed by atoms with van der Waals surface area (Å²) in [6.07, 6.45) is 5.99. The minimum Gasteiger partial charge on any atom is -0.323 e. The minimum atomic E-state index is -0.0863. The van der Waals surface area contributed by atoms with Crippen LogP contribution in [0.25, 0.3) is 11.3 Å². The molecule has 3 nitrogen and oxygen atoms in total. The van der Waals surface area contributed by atoms with E-state index in [1.165, 1.54) is 0 Å². The van der Waals surface area contributed by atoms with Crippen LogP contribution in [0, 0.1) is 11.7 Å². The number of hydrogen-bond donors (Lipinski definition) is 1. The van der Waals surface area contributed by atoms with Crippen LogP contribution < -0.4 is 5.32 Å². The first kappa shape index (κ1) is 11.2. The molecule has 0 spiro atoms. The SMILES string of the molecule is Fc1cccc2c1C(C1CCCNC1)n1cncc1-2. The van der Waals surface area contributed by atoms with Gasteiger partial charge < -0.3 is 9.88 Å². The van der Waals surface area contributed by atoms with E-state index in [0.717, 1.165) is 42.8 Å². The van der Waals surface area contributed by atoms with Crippen molar-refractivity contribution in [3.8, 4) is 11.3 Å². The predicted octanol–water partition coefficient (Wildman–Crippen LogP) is 2.59. The zero-order chi connectivity index (χ0) is 12.8. The number of imidazole rings is 1. The zero-order valence-corrected chi connectivity index (χ0v) is 10.6. The smallest absolute Gasteiger partial charge is 0.129 e. The minimum absolute atomic E-state index is 0.0863. The van der Waals surface area contributed by atoms with Gasteiger partial charge in [0.25, 0.3) is 0 Å². The molecule has 0 amide bonds. The monoisotopic (exact) mass is 257 g/mol. The lowest BCUT2D eigenvalue weighted by atomic mass is 9.87. The van der Waals surface area contributed by atoms with Gasteiger partial charge in [0.1, 0.15) is 5.82 Å². The second-order valence-corrected chi connectivity index (χ2v) is 5.44. The van der Waals surface area contributed by atoms with Crippen LogP contribution in [0.5, 0.6) is 0 Å². The van der Waals surface area contributed by atoms with Crippen molar-refractivity contribution in [2.75, 3.05) is 13.1 Å². The molecular formula is C15H16FN3. The fourth-order valence-corrected chi connectivity index (χ4v) is 3.55. The van der Waals surface area contributed by atoms with E-state index in [0.29, 0.717) is 5.92 Å². The van der Waals surface area contributed by atoms with E-state index in [4.69, 9.17) is 0 Å². The second-order valence-electron chi connectivity index (χ2n) is 5.44. The first-order chi connectivity index (χ1) is 9.36. The van der Waals surface area contributed by atoms with Crippen molar-refractivity contribution < 1.29 is 4.39 Å². The molecule has 2 unspecified atom stereocenters. The van der Waals surface area contributed by atoms with Crippen LogP contribution in [0.15, 0.2) is 30.7 Å². The summed E-state index contributed by atoms with van der Waals surface area (Å²) < 4.78 is 16.4. The van der Waals surface area contributed by atoms with Crippen molar-refractivity contribution in [2.24, 2.45) is 5.92 Å². The summed E-state index contributed by atoms with van der Waals surface area (Å²) in [5, 5.41) is 3.43. The third kappa shape index (κ3) is 1.56. The van der Waals surface area contributed by atoms with E-state index in [-0.39, 0.29) is 11.9 Å². The van der Waals surface area contributed by atoms with Crippen molar-refractivity contribution in [3.05, 3.63) is 42.1 Å². The molecule has 19 heavy (non-hydrogen) atoms. The Morgan fingerprint density at radius 1 is 1.37 bits per heavy atom. The number of hydrogen-bond acceptors (Lipinski definition) is 2. The lowest BCUT2D eigenvalue weighted by Crippen LogP contribution is -2.35. The van der Waals surface area contributed by atoms with Gasteiger partial charge in [-0.1, -0.05) is 12.1 Å². The van der Waals surface area contributed by atoms with Gasteiger partial charge >= 0.3 is 0 Å². The lowest BCUT2D eigenvalue weighted by molar-refractivity contribution is 0.298. The largest absolute Gasteiger partial charge is 0.323 e.